The summed E-state index contributed by atoms with van der Waals surface area (Å²) in [6.45, 7) is 10.0. The Kier molecular flexibility index (Phi) is 7.66. The molecule has 3 N–H and O–H groups in total. The summed E-state index contributed by atoms with van der Waals surface area (Å²) in [7, 11) is -2.04. The number of halogens is 6. The summed E-state index contributed by atoms with van der Waals surface area (Å²) in [4.78, 5) is 24.0. The molecule has 0 saturated carbocycles. The third-order valence-electron chi connectivity index (χ3n) is 5.08. The van der Waals surface area contributed by atoms with E-state index in [0.29, 0.717) is 0 Å². The summed E-state index contributed by atoms with van der Waals surface area (Å²) in [5.41, 5.74) is 4.14. The van der Waals surface area contributed by atoms with Gasteiger partial charge in [0.05, 0.1) is 11.1 Å². The smallest absolute Gasteiger partial charge is 0.368 e. The van der Waals surface area contributed by atoms with E-state index in [0.717, 1.165) is 0 Å². The average molecular weight is 466 g/mol. The zero-order chi connectivity index (χ0) is 24.4. The highest BCUT2D eigenvalue weighted by atomic mass is 28.3. The zero-order valence-corrected chi connectivity index (χ0v) is 18.7. The van der Waals surface area contributed by atoms with Crippen LogP contribution in [0.1, 0.15) is 48.7 Å². The van der Waals surface area contributed by atoms with Crippen LogP contribution in [0.2, 0.25) is 18.1 Å². The molecule has 0 radical (unpaired) electrons. The van der Waals surface area contributed by atoms with Gasteiger partial charge < -0.3 is 11.1 Å². The van der Waals surface area contributed by atoms with Crippen LogP contribution in [0.3, 0.4) is 0 Å². The van der Waals surface area contributed by atoms with Crippen molar-refractivity contribution in [2.24, 2.45) is 5.73 Å². The number of amides is 2. The molecule has 1 aromatic rings. The Labute approximate surface area is 177 Å². The molecule has 2 amide bonds. The molecule has 0 fully saturated rings. The van der Waals surface area contributed by atoms with Gasteiger partial charge in [-0.3, -0.25) is 9.59 Å². The van der Waals surface area contributed by atoms with Gasteiger partial charge >= 0.3 is 12.4 Å². The maximum Gasteiger partial charge on any atom is 0.416 e. The first kappa shape index (κ1) is 26.6. The largest absolute Gasteiger partial charge is 0.416 e. The Morgan fingerprint density at radius 1 is 1.00 bits per heavy atom. The van der Waals surface area contributed by atoms with Gasteiger partial charge in [-0.15, -0.1) is 11.5 Å². The molecule has 0 heterocycles. The van der Waals surface area contributed by atoms with Crippen molar-refractivity contribution in [2.75, 3.05) is 0 Å². The fourth-order valence-electron chi connectivity index (χ4n) is 2.11. The highest BCUT2D eigenvalue weighted by molar-refractivity contribution is 6.87. The highest BCUT2D eigenvalue weighted by Gasteiger charge is 2.38. The van der Waals surface area contributed by atoms with E-state index in [1.807, 2.05) is 33.9 Å². The fraction of sp³-hybridized carbons (Fsp3) is 0.500. The molecule has 1 rings (SSSR count). The van der Waals surface area contributed by atoms with Crippen molar-refractivity contribution in [2.45, 2.75) is 63.7 Å². The minimum Gasteiger partial charge on any atom is -0.368 e. The molecule has 0 unspecified atom stereocenters. The van der Waals surface area contributed by atoms with Crippen molar-refractivity contribution in [3.63, 3.8) is 0 Å². The van der Waals surface area contributed by atoms with E-state index in [2.05, 4.69) is 16.8 Å². The van der Waals surface area contributed by atoms with Gasteiger partial charge in [0.2, 0.25) is 5.91 Å². The van der Waals surface area contributed by atoms with E-state index in [1.165, 1.54) is 0 Å². The SMILES string of the molecule is CC(C)(C)[Si](C)(C)C#CC[C@@H](NC(=O)c1cc(C(F)(F)F)cc(C(F)(F)F)c1)C(N)=O. The first-order valence-corrected chi connectivity index (χ1v) is 12.2. The lowest BCUT2D eigenvalue weighted by Crippen LogP contribution is -2.44. The van der Waals surface area contributed by atoms with Crippen LogP contribution < -0.4 is 11.1 Å². The zero-order valence-electron chi connectivity index (χ0n) is 17.7. The Balaban J connectivity index is 3.21. The number of nitrogens with two attached hydrogens (primary N) is 1. The van der Waals surface area contributed by atoms with Crippen LogP contribution >= 0.6 is 0 Å². The molecule has 0 aromatic heterocycles. The van der Waals surface area contributed by atoms with Crippen LogP contribution in [0.4, 0.5) is 26.3 Å². The van der Waals surface area contributed by atoms with Crippen LogP contribution in [-0.4, -0.2) is 25.9 Å². The lowest BCUT2D eigenvalue weighted by atomic mass is 10.0. The van der Waals surface area contributed by atoms with Crippen molar-refractivity contribution >= 4 is 19.9 Å². The summed E-state index contributed by atoms with van der Waals surface area (Å²) in [5.74, 6) is 0.468. The monoisotopic (exact) mass is 466 g/mol. The first-order valence-electron chi connectivity index (χ1n) is 9.15. The van der Waals surface area contributed by atoms with Gasteiger partial charge in [-0.25, -0.2) is 0 Å². The first-order chi connectivity index (χ1) is 13.8. The van der Waals surface area contributed by atoms with Crippen molar-refractivity contribution in [1.29, 1.82) is 0 Å². The molecule has 4 nitrogen and oxygen atoms in total. The Morgan fingerprint density at radius 2 is 1.45 bits per heavy atom. The van der Waals surface area contributed by atoms with Crippen LogP contribution in [0.25, 0.3) is 0 Å². The van der Waals surface area contributed by atoms with Gasteiger partial charge in [0, 0.05) is 12.0 Å². The van der Waals surface area contributed by atoms with E-state index in [-0.39, 0.29) is 29.7 Å². The number of hydrogen-bond acceptors (Lipinski definition) is 2. The lowest BCUT2D eigenvalue weighted by Gasteiger charge is -2.31. The van der Waals surface area contributed by atoms with Crippen molar-refractivity contribution in [1.82, 2.24) is 5.32 Å². The summed E-state index contributed by atoms with van der Waals surface area (Å²) < 4.78 is 77.9. The van der Waals surface area contributed by atoms with Gasteiger partial charge in [-0.2, -0.15) is 26.3 Å². The maximum atomic E-state index is 13.0. The van der Waals surface area contributed by atoms with Crippen molar-refractivity contribution in [3.05, 3.63) is 34.9 Å². The van der Waals surface area contributed by atoms with Crippen LogP contribution in [0.5, 0.6) is 0 Å². The van der Waals surface area contributed by atoms with Gasteiger partial charge in [0.15, 0.2) is 0 Å². The number of hydrogen-bond donors (Lipinski definition) is 2. The lowest BCUT2D eigenvalue weighted by molar-refractivity contribution is -0.143. The quantitative estimate of drug-likeness (QED) is 0.382. The van der Waals surface area contributed by atoms with E-state index in [4.69, 9.17) is 5.73 Å². The van der Waals surface area contributed by atoms with Crippen LogP contribution in [0, 0.1) is 11.5 Å². The number of nitrogens with one attached hydrogen (secondary N) is 1. The molecule has 1 atom stereocenters. The van der Waals surface area contributed by atoms with Gasteiger partial charge in [0.1, 0.15) is 14.1 Å². The molecule has 0 aliphatic carbocycles. The number of carbonyl (C=O) groups excluding carboxylic acids is 2. The number of rotatable bonds is 4. The van der Waals surface area contributed by atoms with Crippen molar-refractivity contribution < 1.29 is 35.9 Å². The number of alkyl halides is 6. The summed E-state index contributed by atoms with van der Waals surface area (Å²) in [6, 6.07) is -0.908. The number of benzene rings is 1. The summed E-state index contributed by atoms with van der Waals surface area (Å²) in [5, 5.41) is 1.99. The molecule has 0 aliphatic heterocycles. The molecule has 172 valence electrons. The molecule has 0 spiro atoms. The van der Waals surface area contributed by atoms with Gasteiger partial charge in [-0.1, -0.05) is 33.9 Å². The predicted molar refractivity (Wildman–Crippen MR) is 106 cm³/mol. The highest BCUT2D eigenvalue weighted by Crippen LogP contribution is 2.36. The maximum absolute atomic E-state index is 13.0. The van der Waals surface area contributed by atoms with Crippen LogP contribution in [0.15, 0.2) is 18.2 Å². The molecular formula is C20H24F6N2O2Si. The van der Waals surface area contributed by atoms with Crippen molar-refractivity contribution in [3.8, 4) is 11.5 Å². The summed E-state index contributed by atoms with van der Waals surface area (Å²) in [6.07, 6.45) is -10.4. The average Bonchev–Trinajstić information content (AvgIpc) is 2.57. The Hall–Kier alpha value is -2.48. The number of primary amides is 1. The standard InChI is InChI=1S/C20H24F6N2O2Si/c1-18(2,3)31(4,5)8-6-7-15(16(27)29)28-17(30)12-9-13(19(21,22)23)11-14(10-12)20(24,25)26/h9-11,15H,7H2,1-5H3,(H2,27,29)(H,28,30)/t15-/m1/s1. The topological polar surface area (TPSA) is 72.2 Å². The minimum atomic E-state index is -5.10. The molecule has 0 aliphatic rings. The normalized spacial score (nSPS) is 13.8. The molecular weight excluding hydrogens is 442 g/mol. The molecule has 0 bridgehead atoms. The van der Waals surface area contributed by atoms with E-state index in [9.17, 15) is 35.9 Å². The third-order valence-corrected chi connectivity index (χ3v) is 9.63. The van der Waals surface area contributed by atoms with Crippen LogP contribution in [-0.2, 0) is 17.1 Å². The minimum absolute atomic E-state index is 0.0858. The molecule has 0 saturated heterocycles. The van der Waals surface area contributed by atoms with E-state index >= 15 is 0 Å². The Morgan fingerprint density at radius 3 is 1.81 bits per heavy atom. The Bertz CT molecular complexity index is 873. The van der Waals surface area contributed by atoms with E-state index in [1.54, 1.807) is 0 Å². The van der Waals surface area contributed by atoms with Gasteiger partial charge in [-0.05, 0) is 23.2 Å². The predicted octanol–water partition coefficient (Wildman–Crippen LogP) is 4.75. The van der Waals surface area contributed by atoms with E-state index < -0.39 is 55.0 Å². The second-order valence-corrected chi connectivity index (χ2v) is 13.6. The van der Waals surface area contributed by atoms with Gasteiger partial charge in [0.25, 0.3) is 5.91 Å². The number of carbonyl (C=O) groups is 2. The molecule has 11 heteroatoms. The molecule has 1 aromatic carbocycles. The third kappa shape index (κ3) is 7.31. The molecule has 31 heavy (non-hydrogen) atoms. The second-order valence-electron chi connectivity index (χ2n) is 8.60. The second kappa shape index (κ2) is 8.94. The fourth-order valence-corrected chi connectivity index (χ4v) is 3.03. The summed E-state index contributed by atoms with van der Waals surface area (Å²) >= 11 is 0.